The van der Waals surface area contributed by atoms with Crippen molar-refractivity contribution in [1.82, 2.24) is 4.98 Å². The van der Waals surface area contributed by atoms with Crippen molar-refractivity contribution in [3.05, 3.63) is 29.5 Å². The Bertz CT molecular complexity index is 470. The second-order valence-electron chi connectivity index (χ2n) is 3.38. The summed E-state index contributed by atoms with van der Waals surface area (Å²) >= 11 is 0. The number of aromatic nitrogens is 1. The second-order valence-corrected chi connectivity index (χ2v) is 3.38. The van der Waals surface area contributed by atoms with Crippen LogP contribution < -0.4 is 5.73 Å². The summed E-state index contributed by atoms with van der Waals surface area (Å²) < 4.78 is 41.9. The van der Waals surface area contributed by atoms with Gasteiger partial charge in [0.15, 0.2) is 0 Å². The molecule has 7 heteroatoms. The average Bonchev–Trinajstić information content (AvgIpc) is 2.29. The van der Waals surface area contributed by atoms with Crippen LogP contribution in [0.3, 0.4) is 0 Å². The Balaban J connectivity index is 2.89. The number of rotatable bonds is 3. The molecule has 4 nitrogen and oxygen atoms in total. The van der Waals surface area contributed by atoms with Gasteiger partial charge in [-0.3, -0.25) is 4.79 Å². The van der Waals surface area contributed by atoms with Crippen LogP contribution in [0.2, 0.25) is 0 Å². The Kier molecular flexibility index (Phi) is 4.30. The van der Waals surface area contributed by atoms with Gasteiger partial charge in [0.25, 0.3) is 0 Å². The number of nitrogen functional groups attached to an aromatic ring is 1. The van der Waals surface area contributed by atoms with Gasteiger partial charge in [-0.25, -0.2) is 4.98 Å². The molecule has 98 valence electrons. The predicted octanol–water partition coefficient (Wildman–Crippen LogP) is 2.26. The highest BCUT2D eigenvalue weighted by atomic mass is 19.4. The number of carbonyl (C=O) groups excluding carboxylic acids is 1. The van der Waals surface area contributed by atoms with E-state index >= 15 is 0 Å². The lowest BCUT2D eigenvalue weighted by molar-refractivity contribution is -0.139. The zero-order chi connectivity index (χ0) is 13.8. The van der Waals surface area contributed by atoms with Gasteiger partial charge in [-0.1, -0.05) is 12.2 Å². The molecular formula is C11H11F3N2O2. The van der Waals surface area contributed by atoms with Crippen molar-refractivity contribution in [2.45, 2.75) is 12.6 Å². The molecule has 0 bridgehead atoms. The third kappa shape index (κ3) is 3.76. The van der Waals surface area contributed by atoms with Crippen molar-refractivity contribution in [1.29, 1.82) is 0 Å². The van der Waals surface area contributed by atoms with Gasteiger partial charge in [0.1, 0.15) is 5.82 Å². The third-order valence-electron chi connectivity index (χ3n) is 2.07. The van der Waals surface area contributed by atoms with Gasteiger partial charge in [-0.15, -0.1) is 0 Å². The van der Waals surface area contributed by atoms with Crippen LogP contribution in [0.4, 0.5) is 19.0 Å². The largest absolute Gasteiger partial charge is 0.469 e. The number of methoxy groups -OCH3 is 1. The fourth-order valence-electron chi connectivity index (χ4n) is 1.18. The first kappa shape index (κ1) is 14.0. The minimum atomic E-state index is -4.55. The number of esters is 1. The Hall–Kier alpha value is -2.05. The highest BCUT2D eigenvalue weighted by molar-refractivity contribution is 5.72. The maximum Gasteiger partial charge on any atom is 0.419 e. The van der Waals surface area contributed by atoms with Crippen LogP contribution in [-0.2, 0) is 15.7 Å². The van der Waals surface area contributed by atoms with Crippen molar-refractivity contribution in [3.63, 3.8) is 0 Å². The van der Waals surface area contributed by atoms with E-state index in [1.54, 1.807) is 0 Å². The zero-order valence-corrected chi connectivity index (χ0v) is 9.49. The van der Waals surface area contributed by atoms with Crippen LogP contribution in [0.15, 0.2) is 18.3 Å². The van der Waals surface area contributed by atoms with Crippen LogP contribution in [0.5, 0.6) is 0 Å². The van der Waals surface area contributed by atoms with Crippen LogP contribution in [0.25, 0.3) is 6.08 Å². The smallest absolute Gasteiger partial charge is 0.419 e. The fourth-order valence-corrected chi connectivity index (χ4v) is 1.18. The Morgan fingerprint density at radius 3 is 2.78 bits per heavy atom. The number of halogens is 3. The number of hydrogen-bond donors (Lipinski definition) is 1. The molecule has 0 spiro atoms. The van der Waals surface area contributed by atoms with Crippen molar-refractivity contribution in [3.8, 4) is 0 Å². The van der Waals surface area contributed by atoms with Crippen LogP contribution >= 0.6 is 0 Å². The zero-order valence-electron chi connectivity index (χ0n) is 9.49. The molecule has 1 aromatic rings. The molecule has 0 atom stereocenters. The molecule has 0 aliphatic rings. The van der Waals surface area contributed by atoms with Crippen molar-refractivity contribution < 1.29 is 22.7 Å². The molecule has 0 fully saturated rings. The summed E-state index contributed by atoms with van der Waals surface area (Å²) in [6, 6.07) is 0.871. The summed E-state index contributed by atoms with van der Waals surface area (Å²) in [5, 5.41) is 0. The highest BCUT2D eigenvalue weighted by Crippen LogP contribution is 2.33. The van der Waals surface area contributed by atoms with Gasteiger partial charge in [0.2, 0.25) is 0 Å². The molecular weight excluding hydrogens is 249 g/mol. The molecule has 1 heterocycles. The summed E-state index contributed by atoms with van der Waals surface area (Å²) in [5.74, 6) is -1.06. The number of nitrogens with zero attached hydrogens (tertiary/aromatic N) is 1. The van der Waals surface area contributed by atoms with E-state index in [-0.39, 0.29) is 12.0 Å². The first-order valence-corrected chi connectivity index (χ1v) is 4.90. The summed E-state index contributed by atoms with van der Waals surface area (Å²) in [5.41, 5.74) is 4.36. The first-order chi connectivity index (χ1) is 8.34. The maximum absolute atomic E-state index is 12.5. The lowest BCUT2D eigenvalue weighted by Gasteiger charge is -2.09. The van der Waals surface area contributed by atoms with E-state index in [1.165, 1.54) is 25.5 Å². The fraction of sp³-hybridized carbons (Fsp3) is 0.273. The summed E-state index contributed by atoms with van der Waals surface area (Å²) in [6.45, 7) is 0. The standard InChI is InChI=1S/C11H11F3N2O2/c1-18-9(17)4-2-3-7-5-8(11(12,13)14)10(15)16-6-7/h2-3,5-6H,4H2,1H3,(H2,15,16). The number of nitrogens with two attached hydrogens (primary N) is 1. The van der Waals surface area contributed by atoms with Gasteiger partial charge in [-0.2, -0.15) is 13.2 Å². The number of anilines is 1. The van der Waals surface area contributed by atoms with E-state index in [9.17, 15) is 18.0 Å². The molecule has 0 unspecified atom stereocenters. The number of ether oxygens (including phenoxy) is 1. The molecule has 18 heavy (non-hydrogen) atoms. The van der Waals surface area contributed by atoms with E-state index in [1.807, 2.05) is 0 Å². The molecule has 2 N–H and O–H groups in total. The second kappa shape index (κ2) is 5.52. The minimum Gasteiger partial charge on any atom is -0.469 e. The van der Waals surface area contributed by atoms with Crippen molar-refractivity contribution in [2.24, 2.45) is 0 Å². The molecule has 0 saturated heterocycles. The monoisotopic (exact) mass is 260 g/mol. The van der Waals surface area contributed by atoms with Crippen molar-refractivity contribution >= 4 is 17.9 Å². The summed E-state index contributed by atoms with van der Waals surface area (Å²) in [6.07, 6.45) is -0.651. The molecule has 1 rings (SSSR count). The SMILES string of the molecule is COC(=O)CC=Cc1cnc(N)c(C(F)(F)F)c1. The summed E-state index contributed by atoms with van der Waals surface area (Å²) in [4.78, 5) is 14.2. The Morgan fingerprint density at radius 2 is 2.22 bits per heavy atom. The molecule has 0 aliphatic heterocycles. The summed E-state index contributed by atoms with van der Waals surface area (Å²) in [7, 11) is 1.22. The molecule has 0 aliphatic carbocycles. The topological polar surface area (TPSA) is 65.2 Å². The maximum atomic E-state index is 12.5. The van der Waals surface area contributed by atoms with Gasteiger partial charge in [-0.05, 0) is 11.6 Å². The number of alkyl halides is 3. The minimum absolute atomic E-state index is 0.0256. The van der Waals surface area contributed by atoms with Gasteiger partial charge in [0.05, 0.1) is 19.1 Å². The van der Waals surface area contributed by atoms with Gasteiger partial charge in [0, 0.05) is 6.20 Å². The normalized spacial score (nSPS) is 11.8. The highest BCUT2D eigenvalue weighted by Gasteiger charge is 2.33. The lowest BCUT2D eigenvalue weighted by Crippen LogP contribution is -2.10. The van der Waals surface area contributed by atoms with E-state index < -0.39 is 23.5 Å². The van der Waals surface area contributed by atoms with Crippen LogP contribution in [-0.4, -0.2) is 18.1 Å². The molecule has 0 aromatic carbocycles. The molecule has 0 radical (unpaired) electrons. The number of carbonyl (C=O) groups is 1. The van der Waals surface area contributed by atoms with E-state index in [0.29, 0.717) is 0 Å². The first-order valence-electron chi connectivity index (χ1n) is 4.90. The average molecular weight is 260 g/mol. The van der Waals surface area contributed by atoms with E-state index in [2.05, 4.69) is 9.72 Å². The molecule has 0 amide bonds. The Morgan fingerprint density at radius 1 is 1.56 bits per heavy atom. The van der Waals surface area contributed by atoms with Gasteiger partial charge < -0.3 is 10.5 Å². The number of hydrogen-bond acceptors (Lipinski definition) is 4. The van der Waals surface area contributed by atoms with E-state index in [0.717, 1.165) is 6.07 Å². The number of pyridine rings is 1. The Labute approximate surface area is 101 Å². The third-order valence-corrected chi connectivity index (χ3v) is 2.07. The van der Waals surface area contributed by atoms with Crippen LogP contribution in [0.1, 0.15) is 17.5 Å². The van der Waals surface area contributed by atoms with Crippen LogP contribution in [0, 0.1) is 0 Å². The molecule has 0 saturated carbocycles. The van der Waals surface area contributed by atoms with Gasteiger partial charge >= 0.3 is 12.1 Å². The predicted molar refractivity (Wildman–Crippen MR) is 59.3 cm³/mol. The van der Waals surface area contributed by atoms with E-state index in [4.69, 9.17) is 5.73 Å². The van der Waals surface area contributed by atoms with Crippen molar-refractivity contribution in [2.75, 3.05) is 12.8 Å². The quantitative estimate of drug-likeness (QED) is 0.846. The lowest BCUT2D eigenvalue weighted by atomic mass is 10.1. The molecule has 1 aromatic heterocycles.